The highest BCUT2D eigenvalue weighted by molar-refractivity contribution is 6.35. The highest BCUT2D eigenvalue weighted by atomic mass is 35.5. The van der Waals surface area contributed by atoms with Crippen LogP contribution in [0.1, 0.15) is 32.2 Å². The van der Waals surface area contributed by atoms with Gasteiger partial charge in [-0.1, -0.05) is 35.9 Å². The molecule has 1 aliphatic carbocycles. The Morgan fingerprint density at radius 1 is 1.00 bits per heavy atom. The van der Waals surface area contributed by atoms with E-state index in [4.69, 9.17) is 11.6 Å². The number of ketones is 2. The molecule has 0 N–H and O–H groups in total. The summed E-state index contributed by atoms with van der Waals surface area (Å²) < 4.78 is 0. The quantitative estimate of drug-likeness (QED) is 0.738. The fraction of sp³-hybridized carbons (Fsp3) is 0.0714. The van der Waals surface area contributed by atoms with Crippen LogP contribution in [-0.4, -0.2) is 16.6 Å². The molecule has 18 heavy (non-hydrogen) atoms. The number of pyridine rings is 1. The van der Waals surface area contributed by atoms with Crippen LogP contribution in [0.4, 0.5) is 0 Å². The molecule has 2 aromatic rings. The molecule has 1 aliphatic rings. The first kappa shape index (κ1) is 11.1. The van der Waals surface area contributed by atoms with E-state index in [1.54, 1.807) is 30.3 Å². The van der Waals surface area contributed by atoms with E-state index >= 15 is 0 Å². The summed E-state index contributed by atoms with van der Waals surface area (Å²) in [4.78, 5) is 28.4. The molecule has 0 radical (unpaired) electrons. The van der Waals surface area contributed by atoms with Gasteiger partial charge in [0.1, 0.15) is 5.92 Å². The monoisotopic (exact) mass is 257 g/mol. The van der Waals surface area contributed by atoms with Crippen LogP contribution in [-0.2, 0) is 0 Å². The normalized spacial score (nSPS) is 14.9. The summed E-state index contributed by atoms with van der Waals surface area (Å²) in [5, 5.41) is 0.344. The molecule has 88 valence electrons. The van der Waals surface area contributed by atoms with Crippen molar-refractivity contribution < 1.29 is 9.59 Å². The number of fused-ring (bicyclic) bond motifs is 1. The average Bonchev–Trinajstić information content (AvgIpc) is 2.64. The number of aromatic nitrogens is 1. The van der Waals surface area contributed by atoms with Crippen LogP contribution in [0.5, 0.6) is 0 Å². The number of Topliss-reactive ketones (excluding diaryl/α,β-unsaturated/α-hetero) is 2. The van der Waals surface area contributed by atoms with Gasteiger partial charge >= 0.3 is 0 Å². The summed E-state index contributed by atoms with van der Waals surface area (Å²) in [6, 6.07) is 8.46. The van der Waals surface area contributed by atoms with E-state index in [0.29, 0.717) is 21.7 Å². The van der Waals surface area contributed by atoms with Crippen molar-refractivity contribution in [2.75, 3.05) is 0 Å². The SMILES string of the molecule is O=C1c2ccccc2C(=O)C1c1ccncc1Cl. The Balaban J connectivity index is 2.16. The average molecular weight is 258 g/mol. The van der Waals surface area contributed by atoms with Crippen LogP contribution in [0, 0.1) is 0 Å². The van der Waals surface area contributed by atoms with Gasteiger partial charge in [0.15, 0.2) is 11.6 Å². The molecule has 1 aromatic carbocycles. The highest BCUT2D eigenvalue weighted by Crippen LogP contribution is 2.36. The van der Waals surface area contributed by atoms with Gasteiger partial charge in [-0.2, -0.15) is 0 Å². The lowest BCUT2D eigenvalue weighted by molar-refractivity contribution is 0.0890. The second-order valence-electron chi connectivity index (χ2n) is 4.10. The molecule has 0 amide bonds. The molecule has 1 aromatic heterocycles. The molecule has 4 heteroatoms. The maximum absolute atomic E-state index is 12.3. The van der Waals surface area contributed by atoms with Gasteiger partial charge in [-0.3, -0.25) is 14.6 Å². The van der Waals surface area contributed by atoms with E-state index < -0.39 is 5.92 Å². The van der Waals surface area contributed by atoms with E-state index in [0.717, 1.165) is 0 Å². The van der Waals surface area contributed by atoms with Crippen LogP contribution in [0.3, 0.4) is 0 Å². The minimum Gasteiger partial charge on any atom is -0.293 e. The molecule has 3 rings (SSSR count). The van der Waals surface area contributed by atoms with Crippen LogP contribution < -0.4 is 0 Å². The molecule has 0 fully saturated rings. The smallest absolute Gasteiger partial charge is 0.178 e. The number of carbonyl (C=O) groups excluding carboxylic acids is 2. The van der Waals surface area contributed by atoms with E-state index in [1.165, 1.54) is 12.4 Å². The second kappa shape index (κ2) is 4.03. The highest BCUT2D eigenvalue weighted by Gasteiger charge is 2.40. The zero-order chi connectivity index (χ0) is 12.7. The van der Waals surface area contributed by atoms with Crippen molar-refractivity contribution in [3.05, 3.63) is 64.4 Å². The van der Waals surface area contributed by atoms with Crippen molar-refractivity contribution in [1.29, 1.82) is 0 Å². The second-order valence-corrected chi connectivity index (χ2v) is 4.51. The van der Waals surface area contributed by atoms with E-state index in [-0.39, 0.29) is 11.6 Å². The van der Waals surface area contributed by atoms with Crippen molar-refractivity contribution in [2.45, 2.75) is 5.92 Å². The third kappa shape index (κ3) is 1.48. The van der Waals surface area contributed by atoms with Gasteiger partial charge in [0.2, 0.25) is 0 Å². The van der Waals surface area contributed by atoms with Crippen LogP contribution in [0.15, 0.2) is 42.7 Å². The van der Waals surface area contributed by atoms with Crippen molar-refractivity contribution in [3.63, 3.8) is 0 Å². The summed E-state index contributed by atoms with van der Waals surface area (Å²) in [5.41, 5.74) is 1.47. The minimum atomic E-state index is -0.821. The summed E-state index contributed by atoms with van der Waals surface area (Å²) in [6.07, 6.45) is 2.98. The molecule has 0 spiro atoms. The summed E-state index contributed by atoms with van der Waals surface area (Å²) >= 11 is 6.01. The van der Waals surface area contributed by atoms with Crippen LogP contribution in [0.2, 0.25) is 5.02 Å². The van der Waals surface area contributed by atoms with E-state index in [9.17, 15) is 9.59 Å². The van der Waals surface area contributed by atoms with Gasteiger partial charge < -0.3 is 0 Å². The Labute approximate surface area is 108 Å². The molecule has 0 unspecified atom stereocenters. The Bertz CT molecular complexity index is 631. The lowest BCUT2D eigenvalue weighted by Gasteiger charge is -2.08. The molecule has 0 bridgehead atoms. The first-order valence-electron chi connectivity index (χ1n) is 5.47. The third-order valence-corrected chi connectivity index (χ3v) is 3.41. The zero-order valence-corrected chi connectivity index (χ0v) is 10.0. The van der Waals surface area contributed by atoms with Gasteiger partial charge in [0, 0.05) is 23.5 Å². The molecule has 0 saturated carbocycles. The Morgan fingerprint density at radius 3 is 2.17 bits per heavy atom. The van der Waals surface area contributed by atoms with Gasteiger partial charge in [0.05, 0.1) is 5.02 Å². The molecule has 0 saturated heterocycles. The van der Waals surface area contributed by atoms with Gasteiger partial charge in [-0.05, 0) is 11.6 Å². The van der Waals surface area contributed by atoms with Crippen molar-refractivity contribution in [1.82, 2.24) is 4.98 Å². The zero-order valence-electron chi connectivity index (χ0n) is 9.26. The van der Waals surface area contributed by atoms with Gasteiger partial charge in [-0.25, -0.2) is 0 Å². The third-order valence-electron chi connectivity index (χ3n) is 3.10. The molecular formula is C14H8ClNO2. The molecule has 1 heterocycles. The number of nitrogens with zero attached hydrogens (tertiary/aromatic N) is 1. The first-order valence-corrected chi connectivity index (χ1v) is 5.85. The standard InChI is InChI=1S/C14H8ClNO2/c15-11-7-16-6-5-10(11)12-13(17)8-3-1-2-4-9(8)14(12)18/h1-7,12H. The fourth-order valence-electron chi connectivity index (χ4n) is 2.25. The predicted molar refractivity (Wildman–Crippen MR) is 67.1 cm³/mol. The Kier molecular flexibility index (Phi) is 2.49. The van der Waals surface area contributed by atoms with Gasteiger partial charge in [0.25, 0.3) is 0 Å². The van der Waals surface area contributed by atoms with Crippen molar-refractivity contribution in [3.8, 4) is 0 Å². The lowest BCUT2D eigenvalue weighted by Crippen LogP contribution is -2.13. The van der Waals surface area contributed by atoms with Crippen LogP contribution in [0.25, 0.3) is 0 Å². The number of halogens is 1. The molecule has 3 nitrogen and oxygen atoms in total. The number of benzene rings is 1. The number of carbonyl (C=O) groups is 2. The van der Waals surface area contributed by atoms with Crippen molar-refractivity contribution >= 4 is 23.2 Å². The summed E-state index contributed by atoms with van der Waals surface area (Å²) in [5.74, 6) is -1.20. The first-order chi connectivity index (χ1) is 8.70. The van der Waals surface area contributed by atoms with E-state index in [2.05, 4.69) is 4.98 Å². The molecule has 0 aliphatic heterocycles. The number of hydrogen-bond acceptors (Lipinski definition) is 3. The maximum atomic E-state index is 12.3. The maximum Gasteiger partial charge on any atom is 0.178 e. The summed E-state index contributed by atoms with van der Waals surface area (Å²) in [7, 11) is 0. The molecule has 0 atom stereocenters. The number of hydrogen-bond donors (Lipinski definition) is 0. The Morgan fingerprint density at radius 2 is 1.61 bits per heavy atom. The lowest BCUT2D eigenvalue weighted by atomic mass is 9.95. The van der Waals surface area contributed by atoms with E-state index in [1.807, 2.05) is 0 Å². The molecular weight excluding hydrogens is 250 g/mol. The predicted octanol–water partition coefficient (Wildman–Crippen LogP) is 2.90. The number of rotatable bonds is 1. The summed E-state index contributed by atoms with van der Waals surface area (Å²) in [6.45, 7) is 0. The minimum absolute atomic E-state index is 0.191. The van der Waals surface area contributed by atoms with Gasteiger partial charge in [-0.15, -0.1) is 0 Å². The van der Waals surface area contributed by atoms with Crippen molar-refractivity contribution in [2.24, 2.45) is 0 Å². The van der Waals surface area contributed by atoms with Crippen LogP contribution >= 0.6 is 11.6 Å². The fourth-order valence-corrected chi connectivity index (χ4v) is 2.47. The largest absolute Gasteiger partial charge is 0.293 e. The topological polar surface area (TPSA) is 47.0 Å². The Hall–Kier alpha value is -2.00.